The van der Waals surface area contributed by atoms with Crippen LogP contribution in [0.2, 0.25) is 0 Å². The van der Waals surface area contributed by atoms with Gasteiger partial charge in [-0.2, -0.15) is 4.98 Å². The number of fused-ring (bicyclic) bond motifs is 1. The molecule has 6 N–H and O–H groups in total. The van der Waals surface area contributed by atoms with E-state index in [4.69, 9.17) is 20.0 Å². The third-order valence-electron chi connectivity index (χ3n) is 13.6. The lowest BCUT2D eigenvalue weighted by Gasteiger charge is -2.56. The Bertz CT molecular complexity index is 2400. The first kappa shape index (κ1) is 43.8. The number of para-hydroxylation sites is 1. The lowest BCUT2D eigenvalue weighted by Crippen LogP contribution is -2.55. The van der Waals surface area contributed by atoms with Gasteiger partial charge in [-0.15, -0.1) is 0 Å². The van der Waals surface area contributed by atoms with Gasteiger partial charge in [-0.3, -0.25) is 9.59 Å². The molecule has 2 aromatic carbocycles. The first-order valence-electron chi connectivity index (χ1n) is 22.5. The van der Waals surface area contributed by atoms with E-state index in [-0.39, 0.29) is 24.0 Å². The smallest absolute Gasteiger partial charge is 0.408 e. The summed E-state index contributed by atoms with van der Waals surface area (Å²) in [6, 6.07) is 8.49. The molecule has 0 aliphatic heterocycles. The number of amides is 3. The number of rotatable bonds is 16. The van der Waals surface area contributed by atoms with Crippen molar-refractivity contribution in [2.45, 2.75) is 136 Å². The summed E-state index contributed by atoms with van der Waals surface area (Å²) in [4.78, 5) is 51.7. The number of hydrogen-bond acceptors (Lipinski definition) is 10. The third kappa shape index (κ3) is 10.2. The number of benzene rings is 2. The SMILES string of the molecule is Cc1cc(O)cc(C)c1C[C@H](NC(=O)[C@@H](CCCn1ccnc1N)NC(=O)OC(C)(C)C)C(=O)N[C@@H](Cc1cn(C)c2ccccc12)c1nc(CC23CC4CC(CC(C4)C2)C3)no1. The van der Waals surface area contributed by atoms with E-state index in [0.717, 1.165) is 57.3 Å². The van der Waals surface area contributed by atoms with Gasteiger partial charge in [0.25, 0.3) is 0 Å². The Hall–Kier alpha value is -5.86. The summed E-state index contributed by atoms with van der Waals surface area (Å²) in [5.41, 5.74) is 9.75. The van der Waals surface area contributed by atoms with E-state index in [1.54, 1.807) is 49.9 Å². The molecule has 4 fully saturated rings. The summed E-state index contributed by atoms with van der Waals surface area (Å²) in [5.74, 6) is 2.73. The highest BCUT2D eigenvalue weighted by molar-refractivity contribution is 5.92. The van der Waals surface area contributed by atoms with Gasteiger partial charge in [0.05, 0.1) is 0 Å². The molecule has 0 spiro atoms. The van der Waals surface area contributed by atoms with Crippen molar-refractivity contribution in [2.24, 2.45) is 30.2 Å². The van der Waals surface area contributed by atoms with Crippen molar-refractivity contribution in [1.29, 1.82) is 0 Å². The maximum atomic E-state index is 15.0. The topological polar surface area (TPSA) is 204 Å². The second kappa shape index (κ2) is 17.7. The molecular formula is C48H63N9O6. The number of carbonyl (C=O) groups is 3. The van der Waals surface area contributed by atoms with Crippen LogP contribution in [0.1, 0.15) is 112 Å². The van der Waals surface area contributed by atoms with Crippen LogP contribution in [-0.4, -0.2) is 65.0 Å². The minimum absolute atomic E-state index is 0.0995. The van der Waals surface area contributed by atoms with Crippen molar-refractivity contribution in [3.05, 3.63) is 89.0 Å². The number of aromatic nitrogens is 5. The molecule has 0 radical (unpaired) electrons. The minimum Gasteiger partial charge on any atom is -0.508 e. The number of nitrogens with one attached hydrogen (secondary N) is 3. The summed E-state index contributed by atoms with van der Waals surface area (Å²) in [6.07, 6.45) is 14.2. The molecule has 5 aromatic rings. The number of nitrogen functional groups attached to an aromatic ring is 1. The van der Waals surface area contributed by atoms with Crippen LogP contribution in [-0.2, 0) is 47.2 Å². The second-order valence-electron chi connectivity index (χ2n) is 19.8. The maximum absolute atomic E-state index is 15.0. The molecule has 4 bridgehead atoms. The lowest BCUT2D eigenvalue weighted by atomic mass is 9.49. The fourth-order valence-corrected chi connectivity index (χ4v) is 11.3. The molecule has 15 heteroatoms. The predicted octanol–water partition coefficient (Wildman–Crippen LogP) is 6.92. The van der Waals surface area contributed by atoms with Crippen LogP contribution >= 0.6 is 0 Å². The molecule has 4 saturated carbocycles. The Kier molecular flexibility index (Phi) is 12.3. The van der Waals surface area contributed by atoms with E-state index in [1.165, 1.54) is 38.5 Å². The number of hydrogen-bond donors (Lipinski definition) is 5. The molecule has 63 heavy (non-hydrogen) atoms. The van der Waals surface area contributed by atoms with Crippen LogP contribution in [0.3, 0.4) is 0 Å². The Balaban J connectivity index is 1.09. The van der Waals surface area contributed by atoms with Crippen molar-refractivity contribution >= 4 is 34.8 Å². The van der Waals surface area contributed by atoms with Crippen LogP contribution in [0.25, 0.3) is 10.9 Å². The van der Waals surface area contributed by atoms with E-state index in [1.807, 2.05) is 33.0 Å². The molecule has 336 valence electrons. The highest BCUT2D eigenvalue weighted by Crippen LogP contribution is 2.61. The number of carbonyl (C=O) groups excluding carboxylic acids is 3. The molecular weight excluding hydrogens is 799 g/mol. The van der Waals surface area contributed by atoms with Gasteiger partial charge < -0.3 is 45.2 Å². The largest absolute Gasteiger partial charge is 0.508 e. The Morgan fingerprint density at radius 3 is 2.29 bits per heavy atom. The molecule has 0 saturated heterocycles. The van der Waals surface area contributed by atoms with Crippen molar-refractivity contribution < 1.29 is 28.8 Å². The quantitative estimate of drug-likeness (QED) is 0.0693. The van der Waals surface area contributed by atoms with Crippen LogP contribution in [0.15, 0.2) is 59.5 Å². The monoisotopic (exact) mass is 861 g/mol. The van der Waals surface area contributed by atoms with Crippen molar-refractivity contribution in [3.63, 3.8) is 0 Å². The van der Waals surface area contributed by atoms with Crippen molar-refractivity contribution in [3.8, 4) is 5.75 Å². The summed E-state index contributed by atoms with van der Waals surface area (Å²) in [6.45, 7) is 9.41. The van der Waals surface area contributed by atoms with Gasteiger partial charge in [-0.05, 0) is 150 Å². The number of nitrogens with zero attached hydrogens (tertiary/aromatic N) is 5. The Morgan fingerprint density at radius 2 is 1.63 bits per heavy atom. The van der Waals surface area contributed by atoms with Crippen LogP contribution in [0, 0.1) is 37.0 Å². The fourth-order valence-electron chi connectivity index (χ4n) is 11.3. The fraction of sp³-hybridized carbons (Fsp3) is 0.542. The average molecular weight is 862 g/mol. The van der Waals surface area contributed by atoms with E-state index in [0.29, 0.717) is 37.0 Å². The van der Waals surface area contributed by atoms with Gasteiger partial charge in [0.1, 0.15) is 29.5 Å². The predicted molar refractivity (Wildman–Crippen MR) is 238 cm³/mol. The van der Waals surface area contributed by atoms with Gasteiger partial charge in [-0.1, -0.05) is 23.4 Å². The molecule has 9 rings (SSSR count). The van der Waals surface area contributed by atoms with Crippen molar-refractivity contribution in [2.75, 3.05) is 5.73 Å². The number of alkyl carbamates (subject to hydrolysis) is 1. The number of phenols is 1. The number of phenolic OH excluding ortho intramolecular Hbond substituents is 1. The van der Waals surface area contributed by atoms with Crippen molar-refractivity contribution in [1.82, 2.24) is 40.2 Å². The number of ether oxygens (including phenoxy) is 1. The maximum Gasteiger partial charge on any atom is 0.408 e. The molecule has 4 aliphatic rings. The second-order valence-corrected chi connectivity index (χ2v) is 19.8. The highest BCUT2D eigenvalue weighted by Gasteiger charge is 2.51. The summed E-state index contributed by atoms with van der Waals surface area (Å²) < 4.78 is 15.5. The normalized spacial score (nSPS) is 21.8. The summed E-state index contributed by atoms with van der Waals surface area (Å²) >= 11 is 0. The molecule has 3 amide bonds. The van der Waals surface area contributed by atoms with Crippen LogP contribution in [0.4, 0.5) is 10.7 Å². The molecule has 15 nitrogen and oxygen atoms in total. The summed E-state index contributed by atoms with van der Waals surface area (Å²) in [5, 5.41) is 25.0. The zero-order valence-corrected chi connectivity index (χ0v) is 37.4. The third-order valence-corrected chi connectivity index (χ3v) is 13.6. The Labute approximate surface area is 368 Å². The van der Waals surface area contributed by atoms with E-state index >= 15 is 0 Å². The van der Waals surface area contributed by atoms with Gasteiger partial charge >= 0.3 is 6.09 Å². The zero-order chi connectivity index (χ0) is 44.6. The van der Waals surface area contributed by atoms with Gasteiger partial charge in [-0.25, -0.2) is 9.78 Å². The standard InChI is InChI=1S/C48H63N9O6/c1-28-16-34(58)17-29(2)36(28)22-38(51-42(59)37(53-46(61)62-47(3,4)5)11-9-14-57-15-13-50-45(57)49)43(60)52-39(21-33-27-56(6)40-12-8-7-10-35(33)40)44-54-41(55-63-44)26-48-23-30-18-31(24-48)20-32(19-30)25-48/h7-8,10,12-13,15-17,27,30-32,37-39,58H,9,11,14,18-26H2,1-6H3,(H2,49,50)(H,51,59)(H,52,60)(H,53,61)/t30?,31?,32?,37-,38+,39+,48?/m1/s1. The first-order valence-corrected chi connectivity index (χ1v) is 22.5. The van der Waals surface area contributed by atoms with Gasteiger partial charge in [0.2, 0.25) is 17.7 Å². The Morgan fingerprint density at radius 1 is 0.968 bits per heavy atom. The first-order chi connectivity index (χ1) is 30.0. The van der Waals surface area contributed by atoms with Crippen LogP contribution in [0.5, 0.6) is 5.75 Å². The van der Waals surface area contributed by atoms with Crippen LogP contribution < -0.4 is 21.7 Å². The highest BCUT2D eigenvalue weighted by atomic mass is 16.6. The summed E-state index contributed by atoms with van der Waals surface area (Å²) in [7, 11) is 2.00. The molecule has 4 aliphatic carbocycles. The number of anilines is 1. The minimum atomic E-state index is -1.11. The number of aryl methyl sites for hydroxylation is 4. The van der Waals surface area contributed by atoms with Gasteiger partial charge in [0.15, 0.2) is 11.8 Å². The zero-order valence-electron chi connectivity index (χ0n) is 37.4. The number of nitrogens with two attached hydrogens (primary N) is 1. The van der Waals surface area contributed by atoms with E-state index in [9.17, 15) is 19.5 Å². The number of aromatic hydroxyl groups is 1. The van der Waals surface area contributed by atoms with E-state index < -0.39 is 41.6 Å². The molecule has 3 aromatic heterocycles. The molecule has 3 atom stereocenters. The number of imidazole rings is 1. The molecule has 0 unspecified atom stereocenters. The lowest BCUT2D eigenvalue weighted by molar-refractivity contribution is -0.130. The molecule has 3 heterocycles. The van der Waals surface area contributed by atoms with E-state index in [2.05, 4.69) is 49.0 Å². The average Bonchev–Trinajstić information content (AvgIpc) is 3.92. The van der Waals surface area contributed by atoms with Gasteiger partial charge in [0, 0.05) is 62.3 Å².